The zero-order valence-electron chi connectivity index (χ0n) is 16.2. The Morgan fingerprint density at radius 2 is 1.70 bits per heavy atom. The second-order valence-electron chi connectivity index (χ2n) is 8.62. The van der Waals surface area contributed by atoms with E-state index >= 15 is 0 Å². The molecule has 0 unspecified atom stereocenters. The summed E-state index contributed by atoms with van der Waals surface area (Å²) in [6, 6.07) is 8.00. The lowest BCUT2D eigenvalue weighted by molar-refractivity contribution is -0.136. The van der Waals surface area contributed by atoms with Crippen molar-refractivity contribution in [1.82, 2.24) is 0 Å². The molecule has 0 bridgehead atoms. The molecule has 0 aliphatic heterocycles. The molecule has 0 saturated heterocycles. The van der Waals surface area contributed by atoms with E-state index < -0.39 is 5.97 Å². The Labute approximate surface area is 164 Å². The average Bonchev–Trinajstić information content (AvgIpc) is 2.96. The van der Waals surface area contributed by atoms with Crippen LogP contribution in [0.2, 0.25) is 0 Å². The monoisotopic (exact) mass is 382 g/mol. The summed E-state index contributed by atoms with van der Waals surface area (Å²) in [5.41, 5.74) is 5.42. The highest BCUT2D eigenvalue weighted by molar-refractivity contribution is 7.14. The topological polar surface area (TPSA) is 54.4 Å². The van der Waals surface area contributed by atoms with Gasteiger partial charge in [-0.2, -0.15) is 0 Å². The van der Waals surface area contributed by atoms with E-state index in [0.717, 1.165) is 34.8 Å². The Morgan fingerprint density at radius 1 is 1.11 bits per heavy atom. The van der Waals surface area contributed by atoms with Crippen molar-refractivity contribution in [2.75, 3.05) is 0 Å². The number of thiophene rings is 1. The molecule has 1 aromatic heterocycles. The molecule has 0 spiro atoms. The molecule has 0 radical (unpaired) electrons. The van der Waals surface area contributed by atoms with Crippen LogP contribution >= 0.6 is 11.3 Å². The maximum absolute atomic E-state index is 12.9. The number of hydrogen-bond acceptors (Lipinski definition) is 3. The number of Topliss-reactive ketones (excluding diaryl/α,β-unsaturated/α-hetero) is 1. The number of rotatable bonds is 7. The number of carboxylic acids is 1. The number of fused-ring (bicyclic) bond motifs is 3. The first-order valence-corrected chi connectivity index (χ1v) is 10.6. The second kappa shape index (κ2) is 6.59. The first kappa shape index (κ1) is 18.4. The van der Waals surface area contributed by atoms with Crippen molar-refractivity contribution in [3.8, 4) is 0 Å². The van der Waals surface area contributed by atoms with Gasteiger partial charge in [-0.1, -0.05) is 38.1 Å². The Kier molecular flexibility index (Phi) is 4.50. The lowest BCUT2D eigenvalue weighted by Crippen LogP contribution is -2.05. The van der Waals surface area contributed by atoms with Crippen LogP contribution in [0.4, 0.5) is 0 Å². The number of aryl methyl sites for hydroxylation is 3. The molecule has 4 rings (SSSR count). The minimum atomic E-state index is -0.774. The molecule has 0 amide bonds. The third-order valence-electron chi connectivity index (χ3n) is 6.56. The van der Waals surface area contributed by atoms with E-state index in [4.69, 9.17) is 5.11 Å². The average molecular weight is 383 g/mol. The molecule has 27 heavy (non-hydrogen) atoms. The SMILES string of the molecule is Cc1sc(C(=O)CCc2ccc(CCC(=O)O)cc2)c2c1[C@H]1[C@@H](C2)C1(C)C. The molecule has 2 aromatic rings. The zero-order valence-corrected chi connectivity index (χ0v) is 17.0. The van der Waals surface area contributed by atoms with E-state index in [1.54, 1.807) is 11.3 Å². The predicted octanol–water partition coefficient (Wildman–Crippen LogP) is 5.18. The third-order valence-corrected chi connectivity index (χ3v) is 7.77. The Bertz CT molecular complexity index is 904. The van der Waals surface area contributed by atoms with Gasteiger partial charge in [0.1, 0.15) is 0 Å². The molecule has 4 heteroatoms. The minimum Gasteiger partial charge on any atom is -0.481 e. The van der Waals surface area contributed by atoms with Crippen molar-refractivity contribution in [1.29, 1.82) is 0 Å². The highest BCUT2D eigenvalue weighted by atomic mass is 32.1. The zero-order chi connectivity index (χ0) is 19.3. The summed E-state index contributed by atoms with van der Waals surface area (Å²) >= 11 is 1.70. The fourth-order valence-electron chi connectivity index (χ4n) is 4.85. The van der Waals surface area contributed by atoms with Crippen molar-refractivity contribution in [3.63, 3.8) is 0 Å². The minimum absolute atomic E-state index is 0.152. The highest BCUT2D eigenvalue weighted by Crippen LogP contribution is 2.71. The normalized spacial score (nSPS) is 21.6. The van der Waals surface area contributed by atoms with Crippen LogP contribution in [0.3, 0.4) is 0 Å². The van der Waals surface area contributed by atoms with Gasteiger partial charge in [0.15, 0.2) is 5.78 Å². The van der Waals surface area contributed by atoms with Gasteiger partial charge < -0.3 is 5.11 Å². The summed E-state index contributed by atoms with van der Waals surface area (Å²) in [4.78, 5) is 25.9. The predicted molar refractivity (Wildman–Crippen MR) is 108 cm³/mol. The van der Waals surface area contributed by atoms with E-state index in [9.17, 15) is 9.59 Å². The molecule has 1 fully saturated rings. The first-order chi connectivity index (χ1) is 12.8. The Balaban J connectivity index is 1.39. The number of carbonyl (C=O) groups excluding carboxylic acids is 1. The summed E-state index contributed by atoms with van der Waals surface area (Å²) in [5, 5.41) is 8.76. The van der Waals surface area contributed by atoms with E-state index in [1.807, 2.05) is 24.3 Å². The van der Waals surface area contributed by atoms with Gasteiger partial charge in [0.2, 0.25) is 0 Å². The van der Waals surface area contributed by atoms with Gasteiger partial charge in [0.05, 0.1) is 4.88 Å². The molecular weight excluding hydrogens is 356 g/mol. The van der Waals surface area contributed by atoms with Gasteiger partial charge in [-0.05, 0) is 65.7 Å². The number of aliphatic carboxylic acids is 1. The van der Waals surface area contributed by atoms with E-state index in [0.29, 0.717) is 24.2 Å². The van der Waals surface area contributed by atoms with Crippen LogP contribution < -0.4 is 0 Å². The van der Waals surface area contributed by atoms with Gasteiger partial charge in [-0.3, -0.25) is 9.59 Å². The molecule has 1 aromatic carbocycles. The van der Waals surface area contributed by atoms with Gasteiger partial charge in [-0.25, -0.2) is 0 Å². The van der Waals surface area contributed by atoms with Crippen LogP contribution in [-0.2, 0) is 24.1 Å². The highest BCUT2D eigenvalue weighted by Gasteiger charge is 2.63. The Morgan fingerprint density at radius 3 is 2.30 bits per heavy atom. The number of benzene rings is 1. The van der Waals surface area contributed by atoms with Gasteiger partial charge >= 0.3 is 5.97 Å². The number of ketones is 1. The lowest BCUT2D eigenvalue weighted by atomic mass is 9.94. The van der Waals surface area contributed by atoms with Crippen LogP contribution in [0.25, 0.3) is 0 Å². The van der Waals surface area contributed by atoms with Crippen molar-refractivity contribution in [3.05, 3.63) is 56.3 Å². The van der Waals surface area contributed by atoms with Crippen LogP contribution in [0.1, 0.15) is 69.4 Å². The van der Waals surface area contributed by atoms with E-state index in [-0.39, 0.29) is 12.2 Å². The van der Waals surface area contributed by atoms with Crippen molar-refractivity contribution >= 4 is 23.1 Å². The number of hydrogen-bond donors (Lipinski definition) is 1. The summed E-state index contributed by atoms with van der Waals surface area (Å²) < 4.78 is 0. The quantitative estimate of drug-likeness (QED) is 0.671. The van der Waals surface area contributed by atoms with Crippen molar-refractivity contribution in [2.24, 2.45) is 11.3 Å². The fourth-order valence-corrected chi connectivity index (χ4v) is 6.05. The number of carbonyl (C=O) groups is 2. The van der Waals surface area contributed by atoms with Crippen LogP contribution in [0, 0.1) is 18.3 Å². The van der Waals surface area contributed by atoms with Crippen LogP contribution in [-0.4, -0.2) is 16.9 Å². The van der Waals surface area contributed by atoms with Crippen LogP contribution in [0.5, 0.6) is 0 Å². The van der Waals surface area contributed by atoms with Crippen molar-refractivity contribution in [2.45, 2.75) is 58.8 Å². The summed E-state index contributed by atoms with van der Waals surface area (Å²) in [6.07, 6.45) is 3.06. The fraction of sp³-hybridized carbons (Fsp3) is 0.478. The molecule has 142 valence electrons. The molecule has 3 nitrogen and oxygen atoms in total. The molecule has 2 aliphatic rings. The third kappa shape index (κ3) is 3.25. The lowest BCUT2D eigenvalue weighted by Gasteiger charge is -2.10. The molecule has 1 heterocycles. The molecule has 1 N–H and O–H groups in total. The summed E-state index contributed by atoms with van der Waals surface area (Å²) in [5.74, 6) is 0.908. The number of carboxylic acid groups (broad SMARTS) is 1. The van der Waals surface area contributed by atoms with Crippen LogP contribution in [0.15, 0.2) is 24.3 Å². The summed E-state index contributed by atoms with van der Waals surface area (Å²) in [7, 11) is 0. The second-order valence-corrected chi connectivity index (χ2v) is 9.85. The van der Waals surface area contributed by atoms with Crippen molar-refractivity contribution < 1.29 is 14.7 Å². The van der Waals surface area contributed by atoms with Gasteiger partial charge in [0, 0.05) is 17.7 Å². The Hall–Kier alpha value is -1.94. The van der Waals surface area contributed by atoms with E-state index in [2.05, 4.69) is 20.8 Å². The maximum Gasteiger partial charge on any atom is 0.303 e. The molecule has 2 aliphatic carbocycles. The smallest absolute Gasteiger partial charge is 0.303 e. The largest absolute Gasteiger partial charge is 0.481 e. The molecule has 1 saturated carbocycles. The van der Waals surface area contributed by atoms with E-state index in [1.165, 1.54) is 16.0 Å². The maximum atomic E-state index is 12.9. The van der Waals surface area contributed by atoms with Gasteiger partial charge in [0.25, 0.3) is 0 Å². The molecule has 2 atom stereocenters. The van der Waals surface area contributed by atoms with Gasteiger partial charge in [-0.15, -0.1) is 11.3 Å². The first-order valence-electron chi connectivity index (χ1n) is 9.74. The molecular formula is C23H26O3S. The summed E-state index contributed by atoms with van der Waals surface area (Å²) in [6.45, 7) is 6.88. The standard InChI is InChI=1S/C23H26O3S/c1-13-20-16(12-17-21(20)23(17,2)3)22(27-13)18(24)10-8-14-4-6-15(7-5-14)9-11-19(25)26/h4-7,17,21H,8-12H2,1-3H3,(H,25,26)/t17-,21-/m1/s1.